The molecular weight excluding hydrogens is 372 g/mol. The lowest BCUT2D eigenvalue weighted by atomic mass is 10.2. The molecule has 1 aromatic carbocycles. The zero-order valence-electron chi connectivity index (χ0n) is 16.6. The Balaban J connectivity index is 1.59. The van der Waals surface area contributed by atoms with Crippen molar-refractivity contribution in [1.82, 2.24) is 9.78 Å². The molecule has 0 aliphatic carbocycles. The molecule has 3 aromatic rings. The van der Waals surface area contributed by atoms with Crippen LogP contribution in [0.3, 0.4) is 0 Å². The number of ether oxygens (including phenoxy) is 1. The second kappa shape index (κ2) is 7.93. The van der Waals surface area contributed by atoms with E-state index in [2.05, 4.69) is 35.2 Å². The monoisotopic (exact) mass is 398 g/mol. The van der Waals surface area contributed by atoms with Crippen LogP contribution in [0.15, 0.2) is 30.3 Å². The number of fused-ring (bicyclic) bond motifs is 1. The number of nitrogens with zero attached hydrogens (tertiary/aromatic N) is 3. The minimum atomic E-state index is -0.0718. The lowest BCUT2D eigenvalue weighted by Gasteiger charge is -2.30. The number of hydrogen-bond donors (Lipinski definition) is 1. The van der Waals surface area contributed by atoms with Gasteiger partial charge in [-0.2, -0.15) is 5.10 Å². The third-order valence-electron chi connectivity index (χ3n) is 4.87. The van der Waals surface area contributed by atoms with Gasteiger partial charge in [0, 0.05) is 25.0 Å². The van der Waals surface area contributed by atoms with Crippen LogP contribution in [0, 0.1) is 12.8 Å². The average molecular weight is 399 g/mol. The Hall–Kier alpha value is -2.38. The standard InChI is InChI=1S/C21H26N4O2S/c1-14(2)13-25-21-16(15(3)23-25)12-19(28-21)20(26)22-17-6-4-5-7-18(17)24-8-10-27-11-9-24/h4-7,12,14H,8-11,13H2,1-3H3,(H,22,26). The van der Waals surface area contributed by atoms with E-state index in [-0.39, 0.29) is 5.91 Å². The van der Waals surface area contributed by atoms with Crippen LogP contribution in [0.4, 0.5) is 11.4 Å². The highest BCUT2D eigenvalue weighted by Gasteiger charge is 2.19. The van der Waals surface area contributed by atoms with Gasteiger partial charge in [-0.05, 0) is 31.0 Å². The topological polar surface area (TPSA) is 59.4 Å². The number of anilines is 2. The maximum atomic E-state index is 13.0. The minimum Gasteiger partial charge on any atom is -0.378 e. The van der Waals surface area contributed by atoms with Gasteiger partial charge >= 0.3 is 0 Å². The van der Waals surface area contributed by atoms with Crippen LogP contribution in [0.5, 0.6) is 0 Å². The third-order valence-corrected chi connectivity index (χ3v) is 6.02. The molecule has 7 heteroatoms. The molecule has 0 atom stereocenters. The fourth-order valence-corrected chi connectivity index (χ4v) is 4.60. The Bertz CT molecular complexity index is 986. The highest BCUT2D eigenvalue weighted by molar-refractivity contribution is 7.20. The third kappa shape index (κ3) is 3.77. The number of amides is 1. The largest absolute Gasteiger partial charge is 0.378 e. The van der Waals surface area contributed by atoms with Gasteiger partial charge in [-0.15, -0.1) is 11.3 Å². The first-order chi connectivity index (χ1) is 13.5. The van der Waals surface area contributed by atoms with Crippen LogP contribution in [-0.4, -0.2) is 42.0 Å². The van der Waals surface area contributed by atoms with Gasteiger partial charge in [0.1, 0.15) is 4.83 Å². The van der Waals surface area contributed by atoms with Gasteiger partial charge in [0.05, 0.1) is 35.2 Å². The molecule has 1 aliphatic rings. The summed E-state index contributed by atoms with van der Waals surface area (Å²) in [6.07, 6.45) is 0. The molecule has 1 N–H and O–H groups in total. The molecule has 0 spiro atoms. The summed E-state index contributed by atoms with van der Waals surface area (Å²) in [6.45, 7) is 10.3. The number of carbonyl (C=O) groups excluding carboxylic acids is 1. The van der Waals surface area contributed by atoms with Crippen molar-refractivity contribution in [2.45, 2.75) is 27.3 Å². The van der Waals surface area contributed by atoms with Gasteiger partial charge in [0.15, 0.2) is 0 Å². The number of para-hydroxylation sites is 2. The summed E-state index contributed by atoms with van der Waals surface area (Å²) in [5, 5.41) is 8.81. The molecule has 1 saturated heterocycles. The van der Waals surface area contributed by atoms with E-state index in [0.717, 1.165) is 46.9 Å². The highest BCUT2D eigenvalue weighted by Crippen LogP contribution is 2.31. The molecule has 4 rings (SSSR count). The zero-order valence-corrected chi connectivity index (χ0v) is 17.4. The van der Waals surface area contributed by atoms with E-state index in [4.69, 9.17) is 4.74 Å². The zero-order chi connectivity index (χ0) is 19.7. The fourth-order valence-electron chi connectivity index (χ4n) is 3.54. The van der Waals surface area contributed by atoms with Crippen LogP contribution in [0.25, 0.3) is 10.2 Å². The van der Waals surface area contributed by atoms with Gasteiger partial charge in [-0.3, -0.25) is 9.48 Å². The van der Waals surface area contributed by atoms with Crippen molar-refractivity contribution >= 4 is 38.8 Å². The first-order valence-corrected chi connectivity index (χ1v) is 10.5. The Morgan fingerprint density at radius 2 is 2.04 bits per heavy atom. The van der Waals surface area contributed by atoms with E-state index >= 15 is 0 Å². The molecule has 0 saturated carbocycles. The van der Waals surface area contributed by atoms with Crippen molar-refractivity contribution in [2.75, 3.05) is 36.5 Å². The number of benzene rings is 1. The summed E-state index contributed by atoms with van der Waals surface area (Å²) in [4.78, 5) is 17.0. The molecule has 148 valence electrons. The lowest BCUT2D eigenvalue weighted by molar-refractivity contribution is 0.103. The van der Waals surface area contributed by atoms with Gasteiger partial charge in [-0.1, -0.05) is 26.0 Å². The number of hydrogen-bond acceptors (Lipinski definition) is 5. The van der Waals surface area contributed by atoms with Crippen molar-refractivity contribution in [3.63, 3.8) is 0 Å². The first kappa shape index (κ1) is 19.0. The van der Waals surface area contributed by atoms with Gasteiger partial charge in [0.2, 0.25) is 0 Å². The summed E-state index contributed by atoms with van der Waals surface area (Å²) in [5.41, 5.74) is 2.86. The van der Waals surface area contributed by atoms with Gasteiger partial charge in [-0.25, -0.2) is 0 Å². The number of morpholine rings is 1. The quantitative estimate of drug-likeness (QED) is 0.701. The number of nitrogens with one attached hydrogen (secondary N) is 1. The SMILES string of the molecule is Cc1nn(CC(C)C)c2sc(C(=O)Nc3ccccc3N3CCOCC3)cc12. The van der Waals surface area contributed by atoms with Gasteiger partial charge < -0.3 is 15.0 Å². The molecule has 2 aromatic heterocycles. The lowest BCUT2D eigenvalue weighted by Crippen LogP contribution is -2.36. The maximum Gasteiger partial charge on any atom is 0.265 e. The summed E-state index contributed by atoms with van der Waals surface area (Å²) in [5.74, 6) is 0.430. The van der Waals surface area contributed by atoms with Crippen LogP contribution in [0.1, 0.15) is 29.2 Å². The predicted octanol–water partition coefficient (Wildman–Crippen LogP) is 4.15. The number of thiophene rings is 1. The van der Waals surface area contributed by atoms with Crippen LogP contribution >= 0.6 is 11.3 Å². The van der Waals surface area contributed by atoms with Crippen LogP contribution < -0.4 is 10.2 Å². The second-order valence-corrected chi connectivity index (χ2v) is 8.59. The van der Waals surface area contributed by atoms with Crippen molar-refractivity contribution in [2.24, 2.45) is 5.92 Å². The first-order valence-electron chi connectivity index (χ1n) is 9.73. The fraction of sp³-hybridized carbons (Fsp3) is 0.429. The van der Waals surface area contributed by atoms with E-state index in [1.807, 2.05) is 35.9 Å². The van der Waals surface area contributed by atoms with Crippen molar-refractivity contribution in [3.05, 3.63) is 40.9 Å². The van der Waals surface area contributed by atoms with Crippen LogP contribution in [-0.2, 0) is 11.3 Å². The van der Waals surface area contributed by atoms with Crippen molar-refractivity contribution in [1.29, 1.82) is 0 Å². The molecule has 6 nitrogen and oxygen atoms in total. The number of aryl methyl sites for hydroxylation is 1. The maximum absolute atomic E-state index is 13.0. The van der Waals surface area contributed by atoms with Crippen molar-refractivity contribution < 1.29 is 9.53 Å². The summed E-state index contributed by atoms with van der Waals surface area (Å²) < 4.78 is 7.48. The smallest absolute Gasteiger partial charge is 0.265 e. The van der Waals surface area contributed by atoms with E-state index in [0.29, 0.717) is 24.0 Å². The van der Waals surface area contributed by atoms with E-state index in [1.54, 1.807) is 0 Å². The average Bonchev–Trinajstić information content (AvgIpc) is 3.24. The molecule has 28 heavy (non-hydrogen) atoms. The van der Waals surface area contributed by atoms with Crippen molar-refractivity contribution in [3.8, 4) is 0 Å². The molecular formula is C21H26N4O2S. The molecule has 0 unspecified atom stereocenters. The summed E-state index contributed by atoms with van der Waals surface area (Å²) in [7, 11) is 0. The normalized spacial score (nSPS) is 14.8. The highest BCUT2D eigenvalue weighted by atomic mass is 32.1. The number of aromatic nitrogens is 2. The Kier molecular flexibility index (Phi) is 5.37. The predicted molar refractivity (Wildman–Crippen MR) is 115 cm³/mol. The summed E-state index contributed by atoms with van der Waals surface area (Å²) >= 11 is 1.51. The number of rotatable bonds is 5. The Morgan fingerprint density at radius 3 is 2.79 bits per heavy atom. The Morgan fingerprint density at radius 1 is 1.29 bits per heavy atom. The molecule has 1 fully saturated rings. The van der Waals surface area contributed by atoms with E-state index < -0.39 is 0 Å². The summed E-state index contributed by atoms with van der Waals surface area (Å²) in [6, 6.07) is 9.93. The molecule has 0 radical (unpaired) electrons. The van der Waals surface area contributed by atoms with E-state index in [9.17, 15) is 4.79 Å². The second-order valence-electron chi connectivity index (χ2n) is 7.56. The van der Waals surface area contributed by atoms with Gasteiger partial charge in [0.25, 0.3) is 5.91 Å². The minimum absolute atomic E-state index is 0.0718. The van der Waals surface area contributed by atoms with E-state index in [1.165, 1.54) is 11.3 Å². The van der Waals surface area contributed by atoms with Crippen LogP contribution in [0.2, 0.25) is 0 Å². The molecule has 3 heterocycles. The number of carbonyl (C=O) groups is 1. The molecule has 1 amide bonds. The molecule has 1 aliphatic heterocycles. The molecule has 0 bridgehead atoms. The Labute approximate surface area is 169 Å².